The molecule has 118 valence electrons. The molecule has 0 fully saturated rings. The molecule has 1 unspecified atom stereocenters. The summed E-state index contributed by atoms with van der Waals surface area (Å²) in [4.78, 5) is 36.3. The Kier molecular flexibility index (Phi) is 4.50. The van der Waals surface area contributed by atoms with Crippen molar-refractivity contribution in [3.63, 3.8) is 0 Å². The van der Waals surface area contributed by atoms with Crippen LogP contribution in [0.5, 0.6) is 5.75 Å². The van der Waals surface area contributed by atoms with Crippen LogP contribution in [-0.4, -0.2) is 37.4 Å². The highest BCUT2D eigenvalue weighted by atomic mass is 16.5. The lowest BCUT2D eigenvalue weighted by molar-refractivity contribution is -0.128. The SMILES string of the molecule is COc1ccc2c(c1)NC(C)C(=O)N2CC(=O)NNC(C)=O. The van der Waals surface area contributed by atoms with Crippen molar-refractivity contribution in [1.29, 1.82) is 0 Å². The number of benzene rings is 1. The van der Waals surface area contributed by atoms with Crippen LogP contribution in [0.4, 0.5) is 11.4 Å². The van der Waals surface area contributed by atoms with Gasteiger partial charge in [-0.25, -0.2) is 0 Å². The first kappa shape index (κ1) is 15.6. The molecule has 1 heterocycles. The van der Waals surface area contributed by atoms with E-state index in [4.69, 9.17) is 4.74 Å². The Morgan fingerprint density at radius 3 is 2.73 bits per heavy atom. The second kappa shape index (κ2) is 6.33. The molecule has 1 aromatic rings. The average molecular weight is 306 g/mol. The Labute approximate surface area is 127 Å². The standard InChI is InChI=1S/C14H18N4O4/c1-8-14(21)18(7-13(20)17-16-9(2)19)12-5-4-10(22-3)6-11(12)15-8/h4-6,8,15H,7H2,1-3H3,(H,16,19)(H,17,20). The summed E-state index contributed by atoms with van der Waals surface area (Å²) in [5, 5.41) is 3.07. The van der Waals surface area contributed by atoms with E-state index in [2.05, 4.69) is 16.2 Å². The maximum atomic E-state index is 12.3. The van der Waals surface area contributed by atoms with Gasteiger partial charge in [-0.15, -0.1) is 0 Å². The van der Waals surface area contributed by atoms with E-state index < -0.39 is 17.9 Å². The number of rotatable bonds is 3. The molecular weight excluding hydrogens is 288 g/mol. The molecular formula is C14H18N4O4. The quantitative estimate of drug-likeness (QED) is 0.683. The van der Waals surface area contributed by atoms with Crippen molar-refractivity contribution < 1.29 is 19.1 Å². The van der Waals surface area contributed by atoms with Gasteiger partial charge in [-0.1, -0.05) is 0 Å². The second-order valence-electron chi connectivity index (χ2n) is 4.90. The summed E-state index contributed by atoms with van der Waals surface area (Å²) in [6.07, 6.45) is 0. The molecule has 1 atom stereocenters. The molecule has 3 amide bonds. The lowest BCUT2D eigenvalue weighted by atomic mass is 10.1. The number of ether oxygens (including phenoxy) is 1. The summed E-state index contributed by atoms with van der Waals surface area (Å²) in [7, 11) is 1.55. The van der Waals surface area contributed by atoms with Gasteiger partial charge in [0.05, 0.1) is 18.5 Å². The number of hydrogen-bond donors (Lipinski definition) is 3. The zero-order valence-corrected chi connectivity index (χ0v) is 12.6. The zero-order chi connectivity index (χ0) is 16.3. The van der Waals surface area contributed by atoms with Gasteiger partial charge in [0.25, 0.3) is 5.91 Å². The Bertz CT molecular complexity index is 617. The number of nitrogens with one attached hydrogen (secondary N) is 3. The number of anilines is 2. The molecule has 0 bridgehead atoms. The molecule has 0 spiro atoms. The fourth-order valence-electron chi connectivity index (χ4n) is 2.14. The van der Waals surface area contributed by atoms with Gasteiger partial charge in [0.2, 0.25) is 11.8 Å². The molecule has 1 aromatic carbocycles. The highest BCUT2D eigenvalue weighted by molar-refractivity contribution is 6.07. The van der Waals surface area contributed by atoms with Crippen molar-refractivity contribution in [2.24, 2.45) is 0 Å². The molecule has 0 saturated heterocycles. The van der Waals surface area contributed by atoms with Crippen LogP contribution < -0.4 is 25.8 Å². The van der Waals surface area contributed by atoms with Crippen LogP contribution in [-0.2, 0) is 14.4 Å². The second-order valence-corrected chi connectivity index (χ2v) is 4.90. The highest BCUT2D eigenvalue weighted by Crippen LogP contribution is 2.34. The summed E-state index contributed by atoms with van der Waals surface area (Å²) in [5.41, 5.74) is 5.72. The van der Waals surface area contributed by atoms with E-state index in [1.807, 2.05) is 0 Å². The third-order valence-corrected chi connectivity index (χ3v) is 3.18. The molecule has 0 aliphatic carbocycles. The van der Waals surface area contributed by atoms with E-state index in [-0.39, 0.29) is 12.5 Å². The maximum absolute atomic E-state index is 12.3. The lowest BCUT2D eigenvalue weighted by Crippen LogP contribution is -2.52. The van der Waals surface area contributed by atoms with Crippen LogP contribution in [0.1, 0.15) is 13.8 Å². The summed E-state index contributed by atoms with van der Waals surface area (Å²) >= 11 is 0. The monoisotopic (exact) mass is 306 g/mol. The summed E-state index contributed by atoms with van der Waals surface area (Å²) < 4.78 is 5.15. The Hall–Kier alpha value is -2.77. The maximum Gasteiger partial charge on any atom is 0.258 e. The molecule has 3 N–H and O–H groups in total. The Morgan fingerprint density at radius 2 is 2.09 bits per heavy atom. The van der Waals surface area contributed by atoms with Gasteiger partial charge in [0.15, 0.2) is 0 Å². The molecule has 0 saturated carbocycles. The third-order valence-electron chi connectivity index (χ3n) is 3.18. The summed E-state index contributed by atoms with van der Waals surface area (Å²) in [6.45, 7) is 2.80. The number of methoxy groups -OCH3 is 1. The van der Waals surface area contributed by atoms with Crippen molar-refractivity contribution in [3.8, 4) is 5.75 Å². The summed E-state index contributed by atoms with van der Waals surface area (Å²) in [6, 6.07) is 4.71. The lowest BCUT2D eigenvalue weighted by Gasteiger charge is -2.33. The number of nitrogens with zero attached hydrogens (tertiary/aromatic N) is 1. The van der Waals surface area contributed by atoms with E-state index >= 15 is 0 Å². The van der Waals surface area contributed by atoms with Crippen molar-refractivity contribution in [1.82, 2.24) is 10.9 Å². The Morgan fingerprint density at radius 1 is 1.36 bits per heavy atom. The van der Waals surface area contributed by atoms with Crippen molar-refractivity contribution in [2.75, 3.05) is 23.9 Å². The van der Waals surface area contributed by atoms with Gasteiger partial charge in [0, 0.05) is 13.0 Å². The molecule has 2 rings (SSSR count). The minimum Gasteiger partial charge on any atom is -0.497 e. The van der Waals surface area contributed by atoms with Crippen molar-refractivity contribution in [3.05, 3.63) is 18.2 Å². The zero-order valence-electron chi connectivity index (χ0n) is 12.6. The number of carbonyl (C=O) groups is 3. The number of carbonyl (C=O) groups excluding carboxylic acids is 3. The number of hydrogen-bond acceptors (Lipinski definition) is 5. The van der Waals surface area contributed by atoms with Crippen LogP contribution in [0.2, 0.25) is 0 Å². The van der Waals surface area contributed by atoms with E-state index in [1.165, 1.54) is 11.8 Å². The number of hydrazine groups is 1. The largest absolute Gasteiger partial charge is 0.497 e. The smallest absolute Gasteiger partial charge is 0.258 e. The topological polar surface area (TPSA) is 99.8 Å². The highest BCUT2D eigenvalue weighted by Gasteiger charge is 2.31. The van der Waals surface area contributed by atoms with Crippen LogP contribution in [0.3, 0.4) is 0 Å². The first-order chi connectivity index (χ1) is 10.4. The fourth-order valence-corrected chi connectivity index (χ4v) is 2.14. The number of amides is 3. The van der Waals surface area contributed by atoms with E-state index in [0.717, 1.165) is 0 Å². The van der Waals surface area contributed by atoms with Crippen molar-refractivity contribution >= 4 is 29.1 Å². The summed E-state index contributed by atoms with van der Waals surface area (Å²) in [5.74, 6) is -0.455. The molecule has 8 nitrogen and oxygen atoms in total. The van der Waals surface area contributed by atoms with Crippen LogP contribution in [0, 0.1) is 0 Å². The molecule has 22 heavy (non-hydrogen) atoms. The van der Waals surface area contributed by atoms with Gasteiger partial charge in [0.1, 0.15) is 18.3 Å². The average Bonchev–Trinajstić information content (AvgIpc) is 2.49. The molecule has 0 radical (unpaired) electrons. The normalized spacial score (nSPS) is 16.4. The molecule has 1 aliphatic heterocycles. The van der Waals surface area contributed by atoms with Gasteiger partial charge in [-0.05, 0) is 19.1 Å². The predicted molar refractivity (Wildman–Crippen MR) is 80.4 cm³/mol. The van der Waals surface area contributed by atoms with Crippen LogP contribution in [0.15, 0.2) is 18.2 Å². The molecule has 0 aromatic heterocycles. The van der Waals surface area contributed by atoms with Crippen LogP contribution >= 0.6 is 0 Å². The minimum absolute atomic E-state index is 0.190. The first-order valence-corrected chi connectivity index (χ1v) is 6.73. The Balaban J connectivity index is 2.21. The van der Waals surface area contributed by atoms with E-state index in [1.54, 1.807) is 32.2 Å². The van der Waals surface area contributed by atoms with Gasteiger partial charge in [-0.3, -0.25) is 30.1 Å². The first-order valence-electron chi connectivity index (χ1n) is 6.73. The fraction of sp³-hybridized carbons (Fsp3) is 0.357. The van der Waals surface area contributed by atoms with Crippen LogP contribution in [0.25, 0.3) is 0 Å². The predicted octanol–water partition coefficient (Wildman–Crippen LogP) is 0.00950. The number of fused-ring (bicyclic) bond motifs is 1. The minimum atomic E-state index is -0.487. The molecule has 1 aliphatic rings. The van der Waals surface area contributed by atoms with E-state index in [9.17, 15) is 14.4 Å². The van der Waals surface area contributed by atoms with Gasteiger partial charge < -0.3 is 10.1 Å². The third kappa shape index (κ3) is 3.27. The van der Waals surface area contributed by atoms with Crippen molar-refractivity contribution in [2.45, 2.75) is 19.9 Å². The molecule has 8 heteroatoms. The van der Waals surface area contributed by atoms with Gasteiger partial charge >= 0.3 is 0 Å². The van der Waals surface area contributed by atoms with Gasteiger partial charge in [-0.2, -0.15) is 0 Å². The van der Waals surface area contributed by atoms with E-state index in [0.29, 0.717) is 17.1 Å².